The molecule has 94 valence electrons. The molecule has 1 aliphatic rings. The Morgan fingerprint density at radius 2 is 1.94 bits per heavy atom. The van der Waals surface area contributed by atoms with Crippen LogP contribution in [-0.2, 0) is 18.3 Å². The molecule has 4 nitrogen and oxygen atoms in total. The molecule has 1 aliphatic carbocycles. The largest absolute Gasteiger partial charge is 0.399 e. The van der Waals surface area contributed by atoms with Crippen LogP contribution in [0.5, 0.6) is 0 Å². The minimum atomic E-state index is 0.183. The Morgan fingerprint density at radius 3 is 2.61 bits per heavy atom. The number of aryl methyl sites for hydroxylation is 2. The smallest absolute Gasteiger partial charge is 0.226 e. The predicted octanol–water partition coefficient (Wildman–Crippen LogP) is 2.49. The summed E-state index contributed by atoms with van der Waals surface area (Å²) in [6, 6.07) is 7.91. The fourth-order valence-corrected chi connectivity index (χ4v) is 1.95. The van der Waals surface area contributed by atoms with Crippen molar-refractivity contribution in [1.82, 2.24) is 10.1 Å². The molecular weight excluding hydrogens is 226 g/mol. The van der Waals surface area contributed by atoms with Crippen molar-refractivity contribution >= 4 is 5.69 Å². The highest BCUT2D eigenvalue weighted by molar-refractivity contribution is 5.39. The maximum absolute atomic E-state index is 5.65. The molecule has 2 aromatic rings. The molecule has 0 spiro atoms. The summed E-state index contributed by atoms with van der Waals surface area (Å²) in [5.74, 6) is 1.60. The van der Waals surface area contributed by atoms with Crippen molar-refractivity contribution in [1.29, 1.82) is 0 Å². The average Bonchev–Trinajstić information content (AvgIpc) is 2.94. The van der Waals surface area contributed by atoms with E-state index in [1.807, 2.05) is 24.3 Å². The standard InChI is InChI=1S/C14H17N3O/c1-14(8-9-14)13-16-12(18-17-13)7-4-10-2-5-11(15)6-3-10/h2-3,5-6H,4,7-9,15H2,1H3. The van der Waals surface area contributed by atoms with Crippen molar-refractivity contribution < 1.29 is 4.52 Å². The Balaban J connectivity index is 1.63. The number of nitrogens with two attached hydrogens (primary N) is 1. The van der Waals surface area contributed by atoms with Crippen molar-refractivity contribution in [3.8, 4) is 0 Å². The van der Waals surface area contributed by atoms with Gasteiger partial charge in [0.1, 0.15) is 0 Å². The molecule has 1 aromatic heterocycles. The molecule has 0 atom stereocenters. The first kappa shape index (κ1) is 11.3. The molecule has 18 heavy (non-hydrogen) atoms. The summed E-state index contributed by atoms with van der Waals surface area (Å²) in [6.07, 6.45) is 4.03. The molecular formula is C14H17N3O. The van der Waals surface area contributed by atoms with Crippen molar-refractivity contribution in [3.05, 3.63) is 41.5 Å². The normalized spacial score (nSPS) is 16.7. The van der Waals surface area contributed by atoms with E-state index in [1.54, 1.807) is 0 Å². The van der Waals surface area contributed by atoms with Crippen LogP contribution in [0, 0.1) is 0 Å². The summed E-state index contributed by atoms with van der Waals surface area (Å²) in [5.41, 5.74) is 7.86. The van der Waals surface area contributed by atoms with Gasteiger partial charge in [0.25, 0.3) is 0 Å². The third-order valence-electron chi connectivity index (χ3n) is 3.62. The lowest BCUT2D eigenvalue weighted by atomic mass is 10.1. The second-order valence-electron chi connectivity index (χ2n) is 5.31. The van der Waals surface area contributed by atoms with Gasteiger partial charge in [0.2, 0.25) is 5.89 Å². The van der Waals surface area contributed by atoms with Crippen LogP contribution >= 0.6 is 0 Å². The van der Waals surface area contributed by atoms with Crippen molar-refractivity contribution in [2.75, 3.05) is 5.73 Å². The van der Waals surface area contributed by atoms with Crippen molar-refractivity contribution in [3.63, 3.8) is 0 Å². The Labute approximate surface area is 106 Å². The van der Waals surface area contributed by atoms with E-state index in [1.165, 1.54) is 18.4 Å². The maximum atomic E-state index is 5.65. The van der Waals surface area contributed by atoms with Crippen LogP contribution in [0.4, 0.5) is 5.69 Å². The van der Waals surface area contributed by atoms with E-state index in [-0.39, 0.29) is 5.41 Å². The number of nitrogens with zero attached hydrogens (tertiary/aromatic N) is 2. The van der Waals surface area contributed by atoms with Crippen LogP contribution in [0.25, 0.3) is 0 Å². The van der Waals surface area contributed by atoms with Gasteiger partial charge in [0.15, 0.2) is 5.82 Å². The first-order valence-corrected chi connectivity index (χ1v) is 6.33. The van der Waals surface area contributed by atoms with E-state index in [0.29, 0.717) is 0 Å². The number of anilines is 1. The van der Waals surface area contributed by atoms with E-state index < -0.39 is 0 Å². The fraction of sp³-hybridized carbons (Fsp3) is 0.429. The molecule has 0 radical (unpaired) electrons. The highest BCUT2D eigenvalue weighted by Crippen LogP contribution is 2.45. The Hall–Kier alpha value is -1.84. The summed E-state index contributed by atoms with van der Waals surface area (Å²) in [7, 11) is 0. The fourth-order valence-electron chi connectivity index (χ4n) is 1.95. The quantitative estimate of drug-likeness (QED) is 0.838. The lowest BCUT2D eigenvalue weighted by Crippen LogP contribution is -2.02. The summed E-state index contributed by atoms with van der Waals surface area (Å²) >= 11 is 0. The first-order valence-electron chi connectivity index (χ1n) is 6.33. The van der Waals surface area contributed by atoms with Gasteiger partial charge in [-0.25, -0.2) is 0 Å². The van der Waals surface area contributed by atoms with Gasteiger partial charge in [-0.3, -0.25) is 0 Å². The molecule has 0 amide bonds. The molecule has 2 N–H and O–H groups in total. The third kappa shape index (κ3) is 2.23. The molecule has 1 fully saturated rings. The van der Waals surface area contributed by atoms with E-state index in [0.717, 1.165) is 30.2 Å². The molecule has 1 heterocycles. The lowest BCUT2D eigenvalue weighted by Gasteiger charge is -1.99. The summed E-state index contributed by atoms with van der Waals surface area (Å²) in [6.45, 7) is 2.18. The van der Waals surface area contributed by atoms with Gasteiger partial charge >= 0.3 is 0 Å². The number of hydrogen-bond acceptors (Lipinski definition) is 4. The minimum absolute atomic E-state index is 0.183. The van der Waals surface area contributed by atoms with E-state index in [9.17, 15) is 0 Å². The van der Waals surface area contributed by atoms with E-state index >= 15 is 0 Å². The Kier molecular flexibility index (Phi) is 2.58. The minimum Gasteiger partial charge on any atom is -0.399 e. The second-order valence-corrected chi connectivity index (χ2v) is 5.31. The van der Waals surface area contributed by atoms with Crippen LogP contribution in [0.3, 0.4) is 0 Å². The topological polar surface area (TPSA) is 64.9 Å². The van der Waals surface area contributed by atoms with E-state index in [2.05, 4.69) is 17.1 Å². The van der Waals surface area contributed by atoms with Gasteiger partial charge in [-0.2, -0.15) is 4.98 Å². The number of aromatic nitrogens is 2. The van der Waals surface area contributed by atoms with Gasteiger partial charge in [0, 0.05) is 17.5 Å². The number of nitrogen functional groups attached to an aromatic ring is 1. The SMILES string of the molecule is CC1(c2noc(CCc3ccc(N)cc3)n2)CC1. The molecule has 1 aromatic carbocycles. The zero-order valence-corrected chi connectivity index (χ0v) is 10.5. The highest BCUT2D eigenvalue weighted by atomic mass is 16.5. The summed E-state index contributed by atoms with van der Waals surface area (Å²) < 4.78 is 5.29. The van der Waals surface area contributed by atoms with Crippen LogP contribution in [0.2, 0.25) is 0 Å². The molecule has 0 bridgehead atoms. The van der Waals surface area contributed by atoms with Crippen LogP contribution in [0.15, 0.2) is 28.8 Å². The highest BCUT2D eigenvalue weighted by Gasteiger charge is 2.43. The van der Waals surface area contributed by atoms with Crippen LogP contribution in [0.1, 0.15) is 37.0 Å². The number of rotatable bonds is 4. The predicted molar refractivity (Wildman–Crippen MR) is 69.1 cm³/mol. The molecule has 4 heteroatoms. The molecule has 0 saturated heterocycles. The van der Waals surface area contributed by atoms with Crippen LogP contribution < -0.4 is 5.73 Å². The zero-order chi connectivity index (χ0) is 12.6. The van der Waals surface area contributed by atoms with Gasteiger partial charge < -0.3 is 10.3 Å². The first-order chi connectivity index (χ1) is 8.66. The average molecular weight is 243 g/mol. The van der Waals surface area contributed by atoms with Gasteiger partial charge in [-0.1, -0.05) is 24.2 Å². The van der Waals surface area contributed by atoms with Crippen LogP contribution in [-0.4, -0.2) is 10.1 Å². The van der Waals surface area contributed by atoms with Gasteiger partial charge in [-0.05, 0) is 37.0 Å². The van der Waals surface area contributed by atoms with Crippen molar-refractivity contribution in [2.45, 2.75) is 38.0 Å². The number of hydrogen-bond donors (Lipinski definition) is 1. The Morgan fingerprint density at radius 1 is 1.22 bits per heavy atom. The number of benzene rings is 1. The second kappa shape index (κ2) is 4.12. The lowest BCUT2D eigenvalue weighted by molar-refractivity contribution is 0.369. The van der Waals surface area contributed by atoms with Gasteiger partial charge in [0.05, 0.1) is 0 Å². The molecule has 0 aliphatic heterocycles. The maximum Gasteiger partial charge on any atom is 0.226 e. The van der Waals surface area contributed by atoms with Crippen molar-refractivity contribution in [2.24, 2.45) is 0 Å². The monoisotopic (exact) mass is 243 g/mol. The third-order valence-corrected chi connectivity index (χ3v) is 3.62. The van der Waals surface area contributed by atoms with Gasteiger partial charge in [-0.15, -0.1) is 0 Å². The molecule has 1 saturated carbocycles. The molecule has 3 rings (SSSR count). The molecule has 0 unspecified atom stereocenters. The Bertz CT molecular complexity index is 540. The van der Waals surface area contributed by atoms with E-state index in [4.69, 9.17) is 10.3 Å². The summed E-state index contributed by atoms with van der Waals surface area (Å²) in [5, 5.41) is 4.07. The zero-order valence-electron chi connectivity index (χ0n) is 10.5. The summed E-state index contributed by atoms with van der Waals surface area (Å²) in [4.78, 5) is 4.47.